The molecule has 2 aromatic heterocycles. The first-order chi connectivity index (χ1) is 12.7. The Labute approximate surface area is 154 Å². The van der Waals surface area contributed by atoms with Crippen molar-refractivity contribution in [2.75, 3.05) is 13.7 Å². The fourth-order valence-electron chi connectivity index (χ4n) is 3.07. The normalized spacial score (nSPS) is 13.3. The summed E-state index contributed by atoms with van der Waals surface area (Å²) in [5, 5.41) is 3.72. The summed E-state index contributed by atoms with van der Waals surface area (Å²) < 4.78 is 5.16. The molecule has 26 heavy (non-hydrogen) atoms. The summed E-state index contributed by atoms with van der Waals surface area (Å²) in [6.45, 7) is 0.866. The van der Waals surface area contributed by atoms with Crippen LogP contribution in [0.3, 0.4) is 0 Å². The second-order valence-electron chi connectivity index (χ2n) is 6.06. The third kappa shape index (κ3) is 3.01. The van der Waals surface area contributed by atoms with E-state index in [1.807, 2.05) is 41.1 Å². The Hall–Kier alpha value is -2.93. The number of thiophene rings is 1. The highest BCUT2D eigenvalue weighted by atomic mass is 32.1. The van der Waals surface area contributed by atoms with Gasteiger partial charge in [0.25, 0.3) is 11.5 Å². The predicted molar refractivity (Wildman–Crippen MR) is 99.6 cm³/mol. The van der Waals surface area contributed by atoms with E-state index in [-0.39, 0.29) is 11.5 Å². The molecule has 0 atom stereocenters. The van der Waals surface area contributed by atoms with Gasteiger partial charge in [-0.05, 0) is 42.1 Å². The third-order valence-corrected chi connectivity index (χ3v) is 5.18. The molecule has 6 nitrogen and oxygen atoms in total. The summed E-state index contributed by atoms with van der Waals surface area (Å²) in [4.78, 5) is 34.3. The number of amides is 1. The van der Waals surface area contributed by atoms with Gasteiger partial charge in [-0.15, -0.1) is 0 Å². The van der Waals surface area contributed by atoms with Crippen LogP contribution in [0.5, 0.6) is 5.75 Å². The van der Waals surface area contributed by atoms with Gasteiger partial charge in [-0.3, -0.25) is 9.59 Å². The van der Waals surface area contributed by atoms with Crippen LogP contribution in [-0.2, 0) is 13.0 Å². The van der Waals surface area contributed by atoms with Crippen LogP contribution in [0.1, 0.15) is 21.6 Å². The summed E-state index contributed by atoms with van der Waals surface area (Å²) in [7, 11) is 1.60. The molecular weight excluding hydrogens is 350 g/mol. The molecule has 0 saturated carbocycles. The van der Waals surface area contributed by atoms with E-state index in [1.54, 1.807) is 12.0 Å². The first kappa shape index (κ1) is 16.5. The zero-order valence-corrected chi connectivity index (χ0v) is 15.0. The van der Waals surface area contributed by atoms with E-state index < -0.39 is 0 Å². The van der Waals surface area contributed by atoms with E-state index in [9.17, 15) is 9.59 Å². The number of carbonyl (C=O) groups is 1. The predicted octanol–water partition coefficient (Wildman–Crippen LogP) is 2.71. The highest BCUT2D eigenvalue weighted by Gasteiger charge is 2.25. The number of benzene rings is 1. The van der Waals surface area contributed by atoms with Gasteiger partial charge in [0.05, 0.1) is 24.9 Å². The molecule has 0 aliphatic carbocycles. The molecule has 4 rings (SSSR count). The van der Waals surface area contributed by atoms with Gasteiger partial charge in [0.15, 0.2) is 0 Å². The van der Waals surface area contributed by atoms with Gasteiger partial charge < -0.3 is 14.6 Å². The van der Waals surface area contributed by atoms with Crippen LogP contribution in [-0.4, -0.2) is 34.4 Å². The number of fused-ring (bicyclic) bond motifs is 1. The second kappa shape index (κ2) is 6.76. The van der Waals surface area contributed by atoms with Crippen molar-refractivity contribution in [2.45, 2.75) is 13.0 Å². The standard InChI is InChI=1S/C19H17N3O3S/c1-25-14-4-2-12(3-5-14)17-20-16-10-22(8-6-15(16)18(23)21-17)19(24)13-7-9-26-11-13/h2-5,7,9,11H,6,8,10H2,1H3,(H,20,21,23). The highest BCUT2D eigenvalue weighted by molar-refractivity contribution is 7.08. The molecule has 1 aliphatic rings. The van der Waals surface area contributed by atoms with Crippen LogP contribution in [0, 0.1) is 0 Å². The molecule has 1 N–H and O–H groups in total. The van der Waals surface area contributed by atoms with Crippen molar-refractivity contribution in [3.05, 3.63) is 68.3 Å². The molecule has 3 aromatic rings. The molecule has 0 fully saturated rings. The van der Waals surface area contributed by atoms with Gasteiger partial charge in [0, 0.05) is 23.1 Å². The molecule has 7 heteroatoms. The summed E-state index contributed by atoms with van der Waals surface area (Å²) in [5.41, 5.74) is 2.67. The van der Waals surface area contributed by atoms with Gasteiger partial charge >= 0.3 is 0 Å². The number of carbonyl (C=O) groups excluding carboxylic acids is 1. The highest BCUT2D eigenvalue weighted by Crippen LogP contribution is 2.22. The Kier molecular flexibility index (Phi) is 4.30. The van der Waals surface area contributed by atoms with Crippen molar-refractivity contribution in [1.29, 1.82) is 0 Å². The minimum Gasteiger partial charge on any atom is -0.497 e. The lowest BCUT2D eigenvalue weighted by Crippen LogP contribution is -2.39. The maximum Gasteiger partial charge on any atom is 0.255 e. The lowest BCUT2D eigenvalue weighted by molar-refractivity contribution is 0.0732. The number of methoxy groups -OCH3 is 1. The number of nitrogens with one attached hydrogen (secondary N) is 1. The zero-order chi connectivity index (χ0) is 18.1. The topological polar surface area (TPSA) is 75.3 Å². The Morgan fingerprint density at radius 2 is 2.08 bits per heavy atom. The van der Waals surface area contributed by atoms with Crippen LogP contribution in [0.4, 0.5) is 0 Å². The quantitative estimate of drug-likeness (QED) is 0.772. The van der Waals surface area contributed by atoms with Gasteiger partial charge in [-0.1, -0.05) is 0 Å². The minimum atomic E-state index is -0.136. The lowest BCUT2D eigenvalue weighted by atomic mass is 10.1. The fourth-order valence-corrected chi connectivity index (χ4v) is 3.70. The van der Waals surface area contributed by atoms with Gasteiger partial charge in [-0.25, -0.2) is 4.98 Å². The molecule has 1 aromatic carbocycles. The zero-order valence-electron chi connectivity index (χ0n) is 14.2. The second-order valence-corrected chi connectivity index (χ2v) is 6.84. The van der Waals surface area contributed by atoms with Crippen molar-refractivity contribution < 1.29 is 9.53 Å². The van der Waals surface area contributed by atoms with Crippen molar-refractivity contribution >= 4 is 17.2 Å². The Morgan fingerprint density at radius 1 is 1.27 bits per heavy atom. The summed E-state index contributed by atoms with van der Waals surface area (Å²) in [6, 6.07) is 9.15. The number of aromatic amines is 1. The molecule has 1 aliphatic heterocycles. The van der Waals surface area contributed by atoms with E-state index in [0.717, 1.165) is 11.3 Å². The molecule has 0 radical (unpaired) electrons. The van der Waals surface area contributed by atoms with Crippen molar-refractivity contribution in [3.8, 4) is 17.1 Å². The van der Waals surface area contributed by atoms with E-state index in [0.29, 0.717) is 42.2 Å². The first-order valence-corrected chi connectivity index (χ1v) is 9.18. The largest absolute Gasteiger partial charge is 0.497 e. The molecule has 0 unspecified atom stereocenters. The first-order valence-electron chi connectivity index (χ1n) is 8.23. The molecular formula is C19H17N3O3S. The number of H-pyrrole nitrogens is 1. The number of hydrogen-bond acceptors (Lipinski definition) is 5. The van der Waals surface area contributed by atoms with Crippen LogP contribution < -0.4 is 10.3 Å². The number of nitrogens with zero attached hydrogens (tertiary/aromatic N) is 2. The van der Waals surface area contributed by atoms with Gasteiger partial charge in [0.1, 0.15) is 11.6 Å². The van der Waals surface area contributed by atoms with Crippen LogP contribution >= 0.6 is 11.3 Å². The Morgan fingerprint density at radius 3 is 2.77 bits per heavy atom. The van der Waals surface area contributed by atoms with Gasteiger partial charge in [-0.2, -0.15) is 11.3 Å². The Bertz CT molecular complexity index is 994. The number of ether oxygens (including phenoxy) is 1. The maximum atomic E-state index is 12.6. The lowest BCUT2D eigenvalue weighted by Gasteiger charge is -2.27. The van der Waals surface area contributed by atoms with Crippen molar-refractivity contribution in [1.82, 2.24) is 14.9 Å². The Balaban J connectivity index is 1.66. The molecule has 3 heterocycles. The SMILES string of the molecule is COc1ccc(-c2nc3c(c(=O)[nH]2)CCN(C(=O)c2ccsc2)C3)cc1. The van der Waals surface area contributed by atoms with Crippen LogP contribution in [0.25, 0.3) is 11.4 Å². The molecule has 0 bridgehead atoms. The summed E-state index contributed by atoms with van der Waals surface area (Å²) in [5.74, 6) is 1.22. The van der Waals surface area contributed by atoms with E-state index in [4.69, 9.17) is 4.74 Å². The molecule has 132 valence electrons. The number of hydrogen-bond donors (Lipinski definition) is 1. The summed E-state index contributed by atoms with van der Waals surface area (Å²) >= 11 is 1.49. The van der Waals surface area contributed by atoms with Crippen LogP contribution in [0.2, 0.25) is 0 Å². The molecule has 1 amide bonds. The van der Waals surface area contributed by atoms with Crippen LogP contribution in [0.15, 0.2) is 45.9 Å². The number of rotatable bonds is 3. The molecule has 0 spiro atoms. The van der Waals surface area contributed by atoms with E-state index in [2.05, 4.69) is 9.97 Å². The molecule has 0 saturated heterocycles. The monoisotopic (exact) mass is 367 g/mol. The average Bonchev–Trinajstić information content (AvgIpc) is 3.21. The van der Waals surface area contributed by atoms with E-state index >= 15 is 0 Å². The van der Waals surface area contributed by atoms with E-state index in [1.165, 1.54) is 11.3 Å². The fraction of sp³-hybridized carbons (Fsp3) is 0.211. The maximum absolute atomic E-state index is 12.6. The smallest absolute Gasteiger partial charge is 0.255 e. The third-order valence-electron chi connectivity index (χ3n) is 4.49. The number of aromatic nitrogens is 2. The minimum absolute atomic E-state index is 0.0232. The van der Waals surface area contributed by atoms with Crippen molar-refractivity contribution in [2.24, 2.45) is 0 Å². The van der Waals surface area contributed by atoms with Gasteiger partial charge in [0.2, 0.25) is 0 Å². The average molecular weight is 367 g/mol. The summed E-state index contributed by atoms with van der Waals surface area (Å²) in [6.07, 6.45) is 0.510. The van der Waals surface area contributed by atoms with Crippen molar-refractivity contribution in [3.63, 3.8) is 0 Å².